The lowest BCUT2D eigenvalue weighted by molar-refractivity contribution is 0.0524. The van der Waals surface area contributed by atoms with Gasteiger partial charge in [-0.25, -0.2) is 13.6 Å². The molecular formula is C24H25ClF2N4O4. The summed E-state index contributed by atoms with van der Waals surface area (Å²) in [4.78, 5) is 27.8. The molecule has 0 aliphatic carbocycles. The lowest BCUT2D eigenvalue weighted by atomic mass is 10.0. The zero-order valence-corrected chi connectivity index (χ0v) is 20.0. The first-order valence-electron chi connectivity index (χ1n) is 11.0. The minimum absolute atomic E-state index is 0.00392. The van der Waals surface area contributed by atoms with E-state index >= 15 is 4.39 Å². The molecule has 1 fully saturated rings. The summed E-state index contributed by atoms with van der Waals surface area (Å²) >= 11 is 6.77. The molecule has 0 saturated carbocycles. The Morgan fingerprint density at radius 3 is 2.66 bits per heavy atom. The molecule has 8 nitrogen and oxygen atoms in total. The van der Waals surface area contributed by atoms with Gasteiger partial charge in [-0.15, -0.1) is 0 Å². The number of rotatable bonds is 5. The lowest BCUT2D eigenvalue weighted by Gasteiger charge is -2.25. The van der Waals surface area contributed by atoms with Gasteiger partial charge in [-0.3, -0.25) is 4.79 Å². The number of halogens is 3. The Bertz CT molecular complexity index is 1410. The molecule has 0 radical (unpaired) electrons. The number of aryl methyl sites for hydroxylation is 1. The van der Waals surface area contributed by atoms with Crippen LogP contribution >= 0.6 is 11.6 Å². The molecular weight excluding hydrogens is 482 g/mol. The van der Waals surface area contributed by atoms with Crippen LogP contribution in [0, 0.1) is 18.6 Å². The zero-order chi connectivity index (χ0) is 25.6. The maximum atomic E-state index is 15.7. The molecule has 1 atom stereocenters. The molecule has 3 aromatic rings. The standard InChI is InChI=1S/C24H25ClF2N4O4/c1-3-35-24(34)14-9-31(17-7-16(29)15(26)6-12(17)10-32)21-18(23(14)33)11(2)20(27)22(19(21)25)30-5-4-13(28)8-30/h6-7,9,13,32H,3-5,8,10,28-29H2,1-2H3. The minimum atomic E-state index is -0.917. The summed E-state index contributed by atoms with van der Waals surface area (Å²) in [6.45, 7) is 3.23. The number of aromatic nitrogens is 1. The number of benzene rings is 2. The van der Waals surface area contributed by atoms with Crippen molar-refractivity contribution in [2.24, 2.45) is 5.73 Å². The van der Waals surface area contributed by atoms with E-state index in [1.54, 1.807) is 11.8 Å². The summed E-state index contributed by atoms with van der Waals surface area (Å²) in [6, 6.07) is 2.12. The van der Waals surface area contributed by atoms with Crippen molar-refractivity contribution in [1.29, 1.82) is 0 Å². The van der Waals surface area contributed by atoms with E-state index in [0.29, 0.717) is 19.5 Å². The van der Waals surface area contributed by atoms with E-state index in [-0.39, 0.29) is 62.3 Å². The number of aliphatic hydroxyl groups excluding tert-OH is 1. The molecule has 1 aliphatic rings. The number of carbonyl (C=O) groups is 1. The van der Waals surface area contributed by atoms with E-state index in [1.165, 1.54) is 23.8 Å². The average Bonchev–Trinajstić information content (AvgIpc) is 3.24. The molecule has 1 aliphatic heterocycles. The van der Waals surface area contributed by atoms with Crippen molar-refractivity contribution in [3.63, 3.8) is 0 Å². The summed E-state index contributed by atoms with van der Waals surface area (Å²) in [5.41, 5.74) is 10.9. The fraction of sp³-hybridized carbons (Fsp3) is 0.333. The number of nitrogens with two attached hydrogens (primary N) is 2. The van der Waals surface area contributed by atoms with E-state index in [1.807, 2.05) is 0 Å². The second kappa shape index (κ2) is 9.44. The summed E-state index contributed by atoms with van der Waals surface area (Å²) in [6.07, 6.45) is 1.82. The first kappa shape index (κ1) is 24.9. The van der Waals surface area contributed by atoms with E-state index in [4.69, 9.17) is 27.8 Å². The molecule has 0 spiro atoms. The number of nitrogen functional groups attached to an aromatic ring is 1. The predicted octanol–water partition coefficient (Wildman–Crippen LogP) is 3.02. The first-order valence-corrected chi connectivity index (χ1v) is 11.4. The van der Waals surface area contributed by atoms with Crippen molar-refractivity contribution in [3.8, 4) is 5.69 Å². The van der Waals surface area contributed by atoms with Gasteiger partial charge >= 0.3 is 5.97 Å². The number of hydrogen-bond donors (Lipinski definition) is 3. The SMILES string of the molecule is CCOC(=O)c1cn(-c2cc(N)c(F)cc2CO)c2c(Cl)c(N3CCC(N)C3)c(F)c(C)c2c1=O. The highest BCUT2D eigenvalue weighted by atomic mass is 35.5. The van der Waals surface area contributed by atoms with Gasteiger partial charge in [0.05, 0.1) is 46.2 Å². The number of aliphatic hydroxyl groups is 1. The fourth-order valence-corrected chi connectivity index (χ4v) is 4.84. The second-order valence-electron chi connectivity index (χ2n) is 8.44. The molecule has 186 valence electrons. The Kier molecular flexibility index (Phi) is 6.72. The van der Waals surface area contributed by atoms with Gasteiger partial charge in [0, 0.05) is 36.5 Å². The number of fused-ring (bicyclic) bond motifs is 1. The van der Waals surface area contributed by atoms with Gasteiger partial charge in [0.25, 0.3) is 0 Å². The summed E-state index contributed by atoms with van der Waals surface area (Å²) < 4.78 is 36.2. The number of hydrogen-bond acceptors (Lipinski definition) is 7. The number of carbonyl (C=O) groups excluding carboxylic acids is 1. The van der Waals surface area contributed by atoms with Crippen LogP contribution in [-0.4, -0.2) is 41.4 Å². The van der Waals surface area contributed by atoms with Crippen LogP contribution in [0.15, 0.2) is 23.1 Å². The highest BCUT2D eigenvalue weighted by molar-refractivity contribution is 6.38. The first-order chi connectivity index (χ1) is 16.6. The van der Waals surface area contributed by atoms with Crippen LogP contribution in [0.5, 0.6) is 0 Å². The highest BCUT2D eigenvalue weighted by Crippen LogP contribution is 2.40. The van der Waals surface area contributed by atoms with Crippen molar-refractivity contribution in [3.05, 3.63) is 61.9 Å². The number of ether oxygens (including phenoxy) is 1. The van der Waals surface area contributed by atoms with E-state index in [0.717, 1.165) is 6.07 Å². The van der Waals surface area contributed by atoms with Crippen LogP contribution in [0.1, 0.15) is 34.8 Å². The van der Waals surface area contributed by atoms with Gasteiger partial charge in [0.2, 0.25) is 5.43 Å². The molecule has 4 rings (SSSR count). The molecule has 0 amide bonds. The Morgan fingerprint density at radius 1 is 1.34 bits per heavy atom. The van der Waals surface area contributed by atoms with Gasteiger partial charge in [0.15, 0.2) is 5.82 Å². The third-order valence-electron chi connectivity index (χ3n) is 6.20. The summed E-state index contributed by atoms with van der Waals surface area (Å²) in [5, 5.41) is 9.69. The van der Waals surface area contributed by atoms with Crippen LogP contribution in [0.4, 0.5) is 20.2 Å². The van der Waals surface area contributed by atoms with Crippen LogP contribution in [0.2, 0.25) is 5.02 Å². The quantitative estimate of drug-likeness (QED) is 0.359. The number of nitrogens with zero attached hydrogens (tertiary/aromatic N) is 2. The van der Waals surface area contributed by atoms with E-state index in [2.05, 4.69) is 0 Å². The maximum absolute atomic E-state index is 15.7. The van der Waals surface area contributed by atoms with Gasteiger partial charge in [-0.05, 0) is 32.4 Å². The van der Waals surface area contributed by atoms with Crippen LogP contribution in [0.25, 0.3) is 16.6 Å². The summed E-state index contributed by atoms with van der Waals surface area (Å²) in [5.74, 6) is -2.38. The molecule has 35 heavy (non-hydrogen) atoms. The summed E-state index contributed by atoms with van der Waals surface area (Å²) in [7, 11) is 0. The van der Waals surface area contributed by atoms with Crippen LogP contribution < -0.4 is 21.8 Å². The van der Waals surface area contributed by atoms with E-state index in [9.17, 15) is 19.1 Å². The van der Waals surface area contributed by atoms with Crippen molar-refractivity contribution in [2.45, 2.75) is 32.9 Å². The highest BCUT2D eigenvalue weighted by Gasteiger charge is 2.30. The number of esters is 1. The van der Waals surface area contributed by atoms with Crippen molar-refractivity contribution in [1.82, 2.24) is 4.57 Å². The van der Waals surface area contributed by atoms with Crippen molar-refractivity contribution < 1.29 is 23.4 Å². The Hall–Kier alpha value is -3.21. The van der Waals surface area contributed by atoms with Crippen molar-refractivity contribution in [2.75, 3.05) is 30.3 Å². The third kappa shape index (κ3) is 4.11. The smallest absolute Gasteiger partial charge is 0.343 e. The van der Waals surface area contributed by atoms with Gasteiger partial charge in [0.1, 0.15) is 11.4 Å². The van der Waals surface area contributed by atoms with Crippen molar-refractivity contribution >= 4 is 39.8 Å². The average molecular weight is 507 g/mol. The minimum Gasteiger partial charge on any atom is -0.462 e. The Morgan fingerprint density at radius 2 is 2.06 bits per heavy atom. The molecule has 11 heteroatoms. The van der Waals surface area contributed by atoms with E-state index < -0.39 is 29.6 Å². The Balaban J connectivity index is 2.18. The number of pyridine rings is 1. The molecule has 2 heterocycles. The largest absolute Gasteiger partial charge is 0.462 e. The second-order valence-corrected chi connectivity index (χ2v) is 8.82. The molecule has 1 unspecified atom stereocenters. The zero-order valence-electron chi connectivity index (χ0n) is 19.2. The molecule has 1 aromatic heterocycles. The monoisotopic (exact) mass is 506 g/mol. The molecule has 1 saturated heterocycles. The van der Waals surface area contributed by atoms with Gasteiger partial charge in [-0.1, -0.05) is 11.6 Å². The lowest BCUT2D eigenvalue weighted by Crippen LogP contribution is -2.28. The normalized spacial score (nSPS) is 15.7. The van der Waals surface area contributed by atoms with Gasteiger partial charge < -0.3 is 30.8 Å². The third-order valence-corrected chi connectivity index (χ3v) is 6.56. The molecule has 0 bridgehead atoms. The predicted molar refractivity (Wildman–Crippen MR) is 130 cm³/mol. The number of anilines is 2. The fourth-order valence-electron chi connectivity index (χ4n) is 4.46. The van der Waals surface area contributed by atoms with Crippen LogP contribution in [0.3, 0.4) is 0 Å². The topological polar surface area (TPSA) is 124 Å². The molecule has 5 N–H and O–H groups in total. The van der Waals surface area contributed by atoms with Crippen LogP contribution in [-0.2, 0) is 11.3 Å². The Labute approximate surface area is 204 Å². The maximum Gasteiger partial charge on any atom is 0.343 e. The van der Waals surface area contributed by atoms with Gasteiger partial charge in [-0.2, -0.15) is 0 Å². The molecule has 2 aromatic carbocycles.